The lowest BCUT2D eigenvalue weighted by Crippen LogP contribution is -2.58. The predicted molar refractivity (Wildman–Crippen MR) is 159 cm³/mol. The molecule has 236 valence electrons. The molecule has 3 amide bonds. The van der Waals surface area contributed by atoms with Gasteiger partial charge in [0.15, 0.2) is 29.6 Å². The number of halogens is 1. The highest BCUT2D eigenvalue weighted by Crippen LogP contribution is 2.33. The lowest BCUT2D eigenvalue weighted by Gasteiger charge is -2.39. The monoisotopic (exact) mass is 619 g/mol. The molecule has 0 saturated carbocycles. The Balaban J connectivity index is 1.22. The topological polar surface area (TPSA) is 125 Å². The third-order valence-corrected chi connectivity index (χ3v) is 7.98. The highest BCUT2D eigenvalue weighted by molar-refractivity contribution is 5.80. The summed E-state index contributed by atoms with van der Waals surface area (Å²) in [5.41, 5.74) is 2.14. The molecule has 0 aliphatic carbocycles. The second-order valence-corrected chi connectivity index (χ2v) is 11.2. The number of fused-ring (bicyclic) bond motifs is 6. The number of rotatable bonds is 3. The third-order valence-electron chi connectivity index (χ3n) is 7.98. The average molecular weight is 620 g/mol. The molecule has 12 heteroatoms. The first-order valence-corrected chi connectivity index (χ1v) is 14.8. The summed E-state index contributed by atoms with van der Waals surface area (Å²) in [5.74, 6) is 1.06. The zero-order valence-corrected chi connectivity index (χ0v) is 24.8. The molecule has 3 heterocycles. The van der Waals surface area contributed by atoms with Gasteiger partial charge in [0.1, 0.15) is 17.7 Å². The Morgan fingerprint density at radius 1 is 0.956 bits per heavy atom. The SMILES string of the molecule is COc1ccc2cc1OCC(=O)N[C@@H]1CN(C(=O)Cc3ccc4c(c3)OCO4)CC[C@H]1Oc1cc(F)cc(c1)CNC(=O)CC2. The van der Waals surface area contributed by atoms with Crippen LogP contribution in [0, 0.1) is 5.82 Å². The van der Waals surface area contributed by atoms with Gasteiger partial charge in [0.25, 0.3) is 5.91 Å². The molecule has 3 aliphatic heterocycles. The van der Waals surface area contributed by atoms with Crippen molar-refractivity contribution in [3.8, 4) is 28.7 Å². The molecule has 0 aromatic heterocycles. The predicted octanol–water partition coefficient (Wildman–Crippen LogP) is 2.91. The Hall–Kier alpha value is -5.00. The number of amides is 3. The summed E-state index contributed by atoms with van der Waals surface area (Å²) in [7, 11) is 1.50. The summed E-state index contributed by atoms with van der Waals surface area (Å²) < 4.78 is 42.9. The molecule has 6 rings (SSSR count). The first kappa shape index (κ1) is 30.0. The fourth-order valence-electron chi connectivity index (χ4n) is 5.67. The largest absolute Gasteiger partial charge is 0.493 e. The van der Waals surface area contributed by atoms with E-state index in [-0.39, 0.29) is 56.9 Å². The minimum Gasteiger partial charge on any atom is -0.493 e. The number of ether oxygens (including phenoxy) is 5. The number of likely N-dealkylation sites (tertiary alicyclic amines) is 1. The second-order valence-electron chi connectivity index (χ2n) is 11.2. The van der Waals surface area contributed by atoms with Crippen molar-refractivity contribution in [2.75, 3.05) is 33.6 Å². The molecular formula is C33H34FN3O8. The highest BCUT2D eigenvalue weighted by atomic mass is 19.1. The van der Waals surface area contributed by atoms with E-state index in [2.05, 4.69) is 10.6 Å². The summed E-state index contributed by atoms with van der Waals surface area (Å²) in [5, 5.41) is 5.80. The molecule has 11 nitrogen and oxygen atoms in total. The minimum atomic E-state index is -0.617. The molecule has 0 spiro atoms. The Morgan fingerprint density at radius 3 is 2.69 bits per heavy atom. The van der Waals surface area contributed by atoms with E-state index >= 15 is 0 Å². The quantitative estimate of drug-likeness (QED) is 0.459. The molecule has 1 saturated heterocycles. The van der Waals surface area contributed by atoms with Gasteiger partial charge in [-0.15, -0.1) is 0 Å². The lowest BCUT2D eigenvalue weighted by atomic mass is 10.00. The maximum atomic E-state index is 14.6. The van der Waals surface area contributed by atoms with E-state index in [1.807, 2.05) is 12.1 Å². The van der Waals surface area contributed by atoms with Gasteiger partial charge in [0, 0.05) is 38.5 Å². The molecule has 2 N–H and O–H groups in total. The standard InChI is InChI=1S/C33H34FN3O8/c1-41-27-5-2-20-4-7-31(38)35-16-22-10-23(34)15-24(11-22)45-26-8-9-37(17-25(26)36-32(39)18-42-29(27)12-20)33(40)14-21-3-6-28-30(13-21)44-19-43-28/h2-3,5-6,10-13,15,25-26H,4,7-9,14,16-19H2,1H3,(H,35,38)(H,36,39)/t25-,26-/m1/s1. The summed E-state index contributed by atoms with van der Waals surface area (Å²) >= 11 is 0. The maximum Gasteiger partial charge on any atom is 0.258 e. The Kier molecular flexibility index (Phi) is 8.90. The molecule has 3 aromatic rings. The normalized spacial score (nSPS) is 19.9. The van der Waals surface area contributed by atoms with Crippen LogP contribution in [0.25, 0.3) is 0 Å². The number of carbonyl (C=O) groups is 3. The van der Waals surface area contributed by atoms with Crippen molar-refractivity contribution in [2.24, 2.45) is 0 Å². The van der Waals surface area contributed by atoms with E-state index < -0.39 is 23.9 Å². The van der Waals surface area contributed by atoms with Crippen molar-refractivity contribution in [3.63, 3.8) is 0 Å². The van der Waals surface area contributed by atoms with E-state index in [9.17, 15) is 18.8 Å². The summed E-state index contributed by atoms with van der Waals surface area (Å²) in [4.78, 5) is 40.8. The molecular weight excluding hydrogens is 585 g/mol. The van der Waals surface area contributed by atoms with Crippen LogP contribution in [0.1, 0.15) is 29.5 Å². The van der Waals surface area contributed by atoms with Gasteiger partial charge in [0.2, 0.25) is 18.6 Å². The Morgan fingerprint density at radius 2 is 1.82 bits per heavy atom. The summed E-state index contributed by atoms with van der Waals surface area (Å²) in [6, 6.07) is 14.3. The van der Waals surface area contributed by atoms with Gasteiger partial charge in [0.05, 0.1) is 19.6 Å². The molecule has 2 atom stereocenters. The van der Waals surface area contributed by atoms with E-state index in [4.69, 9.17) is 23.7 Å². The number of nitrogens with zero attached hydrogens (tertiary/aromatic N) is 1. The third kappa shape index (κ3) is 7.39. The number of aryl methyl sites for hydroxylation is 1. The molecule has 45 heavy (non-hydrogen) atoms. The van der Waals surface area contributed by atoms with Crippen molar-refractivity contribution >= 4 is 17.7 Å². The number of piperidine rings is 1. The molecule has 0 radical (unpaired) electrons. The van der Waals surface area contributed by atoms with Crippen LogP contribution in [-0.4, -0.2) is 68.4 Å². The first-order valence-electron chi connectivity index (χ1n) is 14.8. The van der Waals surface area contributed by atoms with Crippen molar-refractivity contribution in [3.05, 3.63) is 77.1 Å². The van der Waals surface area contributed by atoms with Gasteiger partial charge < -0.3 is 39.2 Å². The Bertz CT molecular complexity index is 1600. The molecule has 1 fully saturated rings. The van der Waals surface area contributed by atoms with Crippen LogP contribution >= 0.6 is 0 Å². The fraction of sp³-hybridized carbons (Fsp3) is 0.364. The van der Waals surface area contributed by atoms with Crippen molar-refractivity contribution in [1.29, 1.82) is 0 Å². The zero-order valence-electron chi connectivity index (χ0n) is 24.8. The second kappa shape index (κ2) is 13.3. The fourth-order valence-corrected chi connectivity index (χ4v) is 5.67. The van der Waals surface area contributed by atoms with Crippen LogP contribution in [-0.2, 0) is 33.8 Å². The number of nitrogens with one attached hydrogen (secondary N) is 2. The molecule has 3 aromatic carbocycles. The molecule has 4 bridgehead atoms. The van der Waals surface area contributed by atoms with E-state index in [0.717, 1.165) is 11.1 Å². The Labute approximate surface area is 259 Å². The van der Waals surface area contributed by atoms with Gasteiger partial charge in [-0.05, 0) is 59.5 Å². The first-order chi connectivity index (χ1) is 21.8. The van der Waals surface area contributed by atoms with Gasteiger partial charge in [-0.1, -0.05) is 12.1 Å². The van der Waals surface area contributed by atoms with Crippen LogP contribution < -0.4 is 34.3 Å². The smallest absolute Gasteiger partial charge is 0.258 e. The van der Waals surface area contributed by atoms with E-state index in [1.165, 1.54) is 19.2 Å². The number of hydrogen-bond acceptors (Lipinski definition) is 8. The molecule has 0 unspecified atom stereocenters. The lowest BCUT2D eigenvalue weighted by molar-refractivity contribution is -0.135. The number of carbonyl (C=O) groups excluding carboxylic acids is 3. The van der Waals surface area contributed by atoms with Gasteiger partial charge in [-0.25, -0.2) is 4.39 Å². The average Bonchev–Trinajstić information content (AvgIpc) is 3.50. The van der Waals surface area contributed by atoms with Crippen LogP contribution in [0.15, 0.2) is 54.6 Å². The van der Waals surface area contributed by atoms with Crippen LogP contribution in [0.3, 0.4) is 0 Å². The van der Waals surface area contributed by atoms with E-state index in [0.29, 0.717) is 47.9 Å². The van der Waals surface area contributed by atoms with Crippen LogP contribution in [0.5, 0.6) is 28.7 Å². The van der Waals surface area contributed by atoms with Gasteiger partial charge in [-0.2, -0.15) is 0 Å². The summed E-state index contributed by atoms with van der Waals surface area (Å²) in [6.07, 6.45) is 0.594. The van der Waals surface area contributed by atoms with Crippen molar-refractivity contribution in [1.82, 2.24) is 15.5 Å². The van der Waals surface area contributed by atoms with Gasteiger partial charge in [-0.3, -0.25) is 14.4 Å². The summed E-state index contributed by atoms with van der Waals surface area (Å²) in [6.45, 7) is 0.497. The van der Waals surface area contributed by atoms with Gasteiger partial charge >= 0.3 is 0 Å². The number of methoxy groups -OCH3 is 1. The van der Waals surface area contributed by atoms with Crippen LogP contribution in [0.2, 0.25) is 0 Å². The minimum absolute atomic E-state index is 0.122. The molecule has 3 aliphatic rings. The number of hydrogen-bond donors (Lipinski definition) is 2. The van der Waals surface area contributed by atoms with Crippen molar-refractivity contribution in [2.45, 2.75) is 44.4 Å². The van der Waals surface area contributed by atoms with Crippen LogP contribution in [0.4, 0.5) is 4.39 Å². The van der Waals surface area contributed by atoms with Crippen molar-refractivity contribution < 1.29 is 42.5 Å². The zero-order chi connectivity index (χ0) is 31.3. The number of benzene rings is 3. The maximum absolute atomic E-state index is 14.6. The highest BCUT2D eigenvalue weighted by Gasteiger charge is 2.34. The van der Waals surface area contributed by atoms with E-state index in [1.54, 1.807) is 35.2 Å².